The maximum atomic E-state index is 5.80. The van der Waals surface area contributed by atoms with Crippen molar-refractivity contribution in [3.05, 3.63) is 29.3 Å². The minimum atomic E-state index is 0.321. The minimum absolute atomic E-state index is 0.321. The van der Waals surface area contributed by atoms with Gasteiger partial charge in [-0.1, -0.05) is 19.1 Å². The van der Waals surface area contributed by atoms with Crippen LogP contribution in [0.4, 0.5) is 0 Å². The fourth-order valence-electron chi connectivity index (χ4n) is 2.92. The van der Waals surface area contributed by atoms with Crippen LogP contribution in [0.25, 0.3) is 0 Å². The lowest BCUT2D eigenvalue weighted by Gasteiger charge is -2.32. The Balaban J connectivity index is 1.45. The molecule has 1 aromatic carbocycles. The van der Waals surface area contributed by atoms with Gasteiger partial charge in [-0.2, -0.15) is 0 Å². The maximum absolute atomic E-state index is 5.80. The van der Waals surface area contributed by atoms with Gasteiger partial charge in [-0.05, 0) is 23.7 Å². The Morgan fingerprint density at radius 1 is 1.35 bits per heavy atom. The lowest BCUT2D eigenvalue weighted by atomic mass is 10.1. The number of ether oxygens (including phenoxy) is 2. The van der Waals surface area contributed by atoms with Crippen molar-refractivity contribution in [1.29, 1.82) is 0 Å². The van der Waals surface area contributed by atoms with E-state index in [4.69, 9.17) is 9.47 Å². The molecule has 0 amide bonds. The van der Waals surface area contributed by atoms with Crippen molar-refractivity contribution < 1.29 is 9.47 Å². The fraction of sp³-hybridized carbons (Fsp3) is 0.625. The second-order valence-corrected chi connectivity index (χ2v) is 5.56. The number of nitrogens with zero attached hydrogens (tertiary/aromatic N) is 1. The molecule has 2 aliphatic rings. The molecule has 1 saturated heterocycles. The van der Waals surface area contributed by atoms with Crippen molar-refractivity contribution in [3.8, 4) is 5.75 Å². The molecule has 0 aliphatic carbocycles. The largest absolute Gasteiger partial charge is 0.493 e. The highest BCUT2D eigenvalue weighted by molar-refractivity contribution is 5.39. The summed E-state index contributed by atoms with van der Waals surface area (Å²) < 4.78 is 11.3. The molecule has 2 aliphatic heterocycles. The Hall–Kier alpha value is -1.10. The van der Waals surface area contributed by atoms with Crippen LogP contribution in [0.5, 0.6) is 5.75 Å². The third-order valence-corrected chi connectivity index (χ3v) is 4.13. The standard InChI is InChI=1S/C16H24N2O2/c1-2-18-6-8-19-15(12-18)11-17-10-13-3-4-16-14(9-13)5-7-20-16/h3-4,9,15,17H,2,5-8,10-12H2,1H3/t15-/m0/s1. The average molecular weight is 276 g/mol. The van der Waals surface area contributed by atoms with Crippen LogP contribution in [0.3, 0.4) is 0 Å². The van der Waals surface area contributed by atoms with Gasteiger partial charge < -0.3 is 14.8 Å². The summed E-state index contributed by atoms with van der Waals surface area (Å²) >= 11 is 0. The predicted octanol–water partition coefficient (Wildman–Crippen LogP) is 1.43. The lowest BCUT2D eigenvalue weighted by molar-refractivity contribution is -0.0253. The Morgan fingerprint density at radius 2 is 2.30 bits per heavy atom. The normalized spacial score (nSPS) is 22.6. The zero-order valence-corrected chi connectivity index (χ0v) is 12.2. The van der Waals surface area contributed by atoms with Gasteiger partial charge in [0.25, 0.3) is 0 Å². The summed E-state index contributed by atoms with van der Waals surface area (Å²) in [6.07, 6.45) is 1.36. The third-order valence-electron chi connectivity index (χ3n) is 4.13. The second kappa shape index (κ2) is 6.57. The van der Waals surface area contributed by atoms with E-state index in [2.05, 4.69) is 35.3 Å². The van der Waals surface area contributed by atoms with E-state index in [-0.39, 0.29) is 0 Å². The van der Waals surface area contributed by atoms with Crippen LogP contribution in [0.2, 0.25) is 0 Å². The third kappa shape index (κ3) is 3.32. The number of morpholine rings is 1. The number of hydrogen-bond donors (Lipinski definition) is 1. The Bertz CT molecular complexity index is 450. The first-order valence-electron chi connectivity index (χ1n) is 7.64. The summed E-state index contributed by atoms with van der Waals surface area (Å²) in [5.41, 5.74) is 2.67. The molecule has 2 heterocycles. The number of fused-ring (bicyclic) bond motifs is 1. The molecule has 1 fully saturated rings. The zero-order valence-electron chi connectivity index (χ0n) is 12.2. The van der Waals surface area contributed by atoms with E-state index >= 15 is 0 Å². The monoisotopic (exact) mass is 276 g/mol. The van der Waals surface area contributed by atoms with Crippen molar-refractivity contribution in [3.63, 3.8) is 0 Å². The van der Waals surface area contributed by atoms with Gasteiger partial charge in [-0.15, -0.1) is 0 Å². The molecule has 0 aromatic heterocycles. The van der Waals surface area contributed by atoms with Gasteiger partial charge in [0.1, 0.15) is 5.75 Å². The van der Waals surface area contributed by atoms with Crippen LogP contribution >= 0.6 is 0 Å². The molecular formula is C16H24N2O2. The van der Waals surface area contributed by atoms with E-state index in [1.165, 1.54) is 11.1 Å². The molecule has 0 saturated carbocycles. The van der Waals surface area contributed by atoms with Crippen LogP contribution in [-0.2, 0) is 17.7 Å². The minimum Gasteiger partial charge on any atom is -0.493 e. The van der Waals surface area contributed by atoms with Gasteiger partial charge >= 0.3 is 0 Å². The first-order chi connectivity index (χ1) is 9.85. The molecule has 0 radical (unpaired) electrons. The molecule has 1 aromatic rings. The summed E-state index contributed by atoms with van der Waals surface area (Å²) in [6, 6.07) is 6.50. The lowest BCUT2D eigenvalue weighted by Crippen LogP contribution is -2.46. The zero-order chi connectivity index (χ0) is 13.8. The van der Waals surface area contributed by atoms with Crippen molar-refractivity contribution in [2.24, 2.45) is 0 Å². The summed E-state index contributed by atoms with van der Waals surface area (Å²) in [5, 5.41) is 3.51. The quantitative estimate of drug-likeness (QED) is 0.882. The Labute approximate surface area is 121 Å². The highest BCUT2D eigenvalue weighted by Gasteiger charge is 2.18. The highest BCUT2D eigenvalue weighted by Crippen LogP contribution is 2.25. The number of nitrogens with one attached hydrogen (secondary N) is 1. The van der Waals surface area contributed by atoms with E-state index in [1.807, 2.05) is 0 Å². The van der Waals surface area contributed by atoms with Gasteiger partial charge in [0.2, 0.25) is 0 Å². The van der Waals surface area contributed by atoms with E-state index in [0.29, 0.717) is 6.10 Å². The van der Waals surface area contributed by atoms with E-state index < -0.39 is 0 Å². The second-order valence-electron chi connectivity index (χ2n) is 5.56. The van der Waals surface area contributed by atoms with Gasteiger partial charge in [0, 0.05) is 32.6 Å². The van der Waals surface area contributed by atoms with Gasteiger partial charge in [0.15, 0.2) is 0 Å². The van der Waals surface area contributed by atoms with Crippen LogP contribution in [0.1, 0.15) is 18.1 Å². The first kappa shape index (κ1) is 13.9. The SMILES string of the molecule is CCN1CCO[C@@H](CNCc2ccc3c(c2)CCO3)C1. The van der Waals surface area contributed by atoms with Crippen LogP contribution < -0.4 is 10.1 Å². The molecule has 0 spiro atoms. The molecule has 20 heavy (non-hydrogen) atoms. The first-order valence-corrected chi connectivity index (χ1v) is 7.64. The average Bonchev–Trinajstić information content (AvgIpc) is 2.95. The Morgan fingerprint density at radius 3 is 3.20 bits per heavy atom. The number of benzene rings is 1. The van der Waals surface area contributed by atoms with E-state index in [0.717, 1.165) is 58.1 Å². The van der Waals surface area contributed by atoms with Crippen LogP contribution in [0.15, 0.2) is 18.2 Å². The molecular weight excluding hydrogens is 252 g/mol. The maximum Gasteiger partial charge on any atom is 0.122 e. The van der Waals surface area contributed by atoms with Crippen molar-refractivity contribution in [1.82, 2.24) is 10.2 Å². The predicted molar refractivity (Wildman–Crippen MR) is 79.2 cm³/mol. The van der Waals surface area contributed by atoms with Crippen LogP contribution in [0, 0.1) is 0 Å². The van der Waals surface area contributed by atoms with Crippen molar-refractivity contribution in [2.45, 2.75) is 26.0 Å². The topological polar surface area (TPSA) is 33.7 Å². The number of hydrogen-bond acceptors (Lipinski definition) is 4. The van der Waals surface area contributed by atoms with Crippen LogP contribution in [-0.4, -0.2) is 50.4 Å². The number of rotatable bonds is 5. The molecule has 1 N–H and O–H groups in total. The molecule has 0 bridgehead atoms. The highest BCUT2D eigenvalue weighted by atomic mass is 16.5. The molecule has 0 unspecified atom stereocenters. The molecule has 4 nitrogen and oxygen atoms in total. The fourth-order valence-corrected chi connectivity index (χ4v) is 2.92. The Kier molecular flexibility index (Phi) is 4.55. The van der Waals surface area contributed by atoms with E-state index in [9.17, 15) is 0 Å². The van der Waals surface area contributed by atoms with E-state index in [1.54, 1.807) is 0 Å². The van der Waals surface area contributed by atoms with Gasteiger partial charge in [-0.25, -0.2) is 0 Å². The smallest absolute Gasteiger partial charge is 0.122 e. The summed E-state index contributed by atoms with van der Waals surface area (Å²) in [5.74, 6) is 1.06. The molecule has 110 valence electrons. The van der Waals surface area contributed by atoms with Crippen molar-refractivity contribution >= 4 is 0 Å². The molecule has 1 atom stereocenters. The van der Waals surface area contributed by atoms with Crippen molar-refractivity contribution in [2.75, 3.05) is 39.4 Å². The summed E-state index contributed by atoms with van der Waals surface area (Å²) in [4.78, 5) is 2.45. The van der Waals surface area contributed by atoms with Gasteiger partial charge in [0.05, 0.1) is 19.3 Å². The molecule has 3 rings (SSSR count). The van der Waals surface area contributed by atoms with Gasteiger partial charge in [-0.3, -0.25) is 4.90 Å². The number of likely N-dealkylation sites (N-methyl/N-ethyl adjacent to an activating group) is 1. The summed E-state index contributed by atoms with van der Waals surface area (Å²) in [7, 11) is 0. The summed E-state index contributed by atoms with van der Waals surface area (Å²) in [6.45, 7) is 8.95. The molecule has 4 heteroatoms.